The standard InChI is InChI=1S/C26H25N3O5S/c1-33-12-17-13-34-14-22-28(17)26(32)24-25(31)20(30)10-11-27(24)29(22)23-18-7-3-2-6-16(18)15-35-21-9-5-4-8-19(21)23/h2-11,17,22-23,31H,12-15H2,1H3/t17?,22-,23+/m1/s1. The fourth-order valence-corrected chi connectivity index (χ4v) is 6.48. The predicted molar refractivity (Wildman–Crippen MR) is 131 cm³/mol. The predicted octanol–water partition coefficient (Wildman–Crippen LogP) is 2.71. The van der Waals surface area contributed by atoms with Gasteiger partial charge in [-0.3, -0.25) is 19.3 Å². The van der Waals surface area contributed by atoms with Crippen molar-refractivity contribution < 1.29 is 19.4 Å². The highest BCUT2D eigenvalue weighted by atomic mass is 32.2. The molecular formula is C26H25N3O5S. The summed E-state index contributed by atoms with van der Waals surface area (Å²) in [5, 5.41) is 12.9. The fraction of sp³-hybridized carbons (Fsp3) is 0.308. The topological polar surface area (TPSA) is 84.2 Å². The molecule has 3 atom stereocenters. The Labute approximate surface area is 206 Å². The second-order valence-electron chi connectivity index (χ2n) is 8.87. The van der Waals surface area contributed by atoms with Crippen LogP contribution in [-0.4, -0.2) is 59.7 Å². The second-order valence-corrected chi connectivity index (χ2v) is 9.89. The molecule has 1 unspecified atom stereocenters. The van der Waals surface area contributed by atoms with Crippen LogP contribution in [-0.2, 0) is 15.2 Å². The summed E-state index contributed by atoms with van der Waals surface area (Å²) in [6, 6.07) is 17.2. The van der Waals surface area contributed by atoms with E-state index in [1.54, 1.807) is 34.6 Å². The summed E-state index contributed by atoms with van der Waals surface area (Å²) in [5.74, 6) is -0.139. The van der Waals surface area contributed by atoms with Crippen molar-refractivity contribution in [3.8, 4) is 5.75 Å². The fourth-order valence-electron chi connectivity index (χ4n) is 5.39. The highest BCUT2D eigenvalue weighted by Gasteiger charge is 2.48. The van der Waals surface area contributed by atoms with E-state index in [0.717, 1.165) is 21.8 Å². The van der Waals surface area contributed by atoms with Crippen LogP contribution in [0.3, 0.4) is 0 Å². The van der Waals surface area contributed by atoms with Gasteiger partial charge in [0.1, 0.15) is 6.17 Å². The minimum absolute atomic E-state index is 0.0383. The Morgan fingerprint density at radius 3 is 2.66 bits per heavy atom. The van der Waals surface area contributed by atoms with Crippen LogP contribution < -0.4 is 10.4 Å². The average molecular weight is 492 g/mol. The molecule has 0 spiro atoms. The number of nitrogens with zero attached hydrogens (tertiary/aromatic N) is 3. The van der Waals surface area contributed by atoms with E-state index in [-0.39, 0.29) is 31.0 Å². The van der Waals surface area contributed by atoms with Crippen molar-refractivity contribution in [1.29, 1.82) is 0 Å². The number of amides is 1. The minimum Gasteiger partial charge on any atom is -0.502 e. The van der Waals surface area contributed by atoms with E-state index in [4.69, 9.17) is 9.47 Å². The number of morpholine rings is 1. The number of aromatic hydroxyl groups is 1. The summed E-state index contributed by atoms with van der Waals surface area (Å²) in [4.78, 5) is 29.1. The molecule has 1 saturated heterocycles. The van der Waals surface area contributed by atoms with Crippen LogP contribution >= 0.6 is 11.8 Å². The van der Waals surface area contributed by atoms with Gasteiger partial charge in [0.05, 0.1) is 31.9 Å². The molecule has 2 aromatic carbocycles. The van der Waals surface area contributed by atoms with E-state index >= 15 is 0 Å². The maximum atomic E-state index is 13.8. The molecule has 0 bridgehead atoms. The van der Waals surface area contributed by atoms with Gasteiger partial charge in [0, 0.05) is 30.0 Å². The Morgan fingerprint density at radius 2 is 1.83 bits per heavy atom. The van der Waals surface area contributed by atoms with E-state index in [1.807, 2.05) is 24.3 Å². The van der Waals surface area contributed by atoms with Gasteiger partial charge < -0.3 is 19.5 Å². The quantitative estimate of drug-likeness (QED) is 0.603. The number of thioether (sulfide) groups is 1. The van der Waals surface area contributed by atoms with E-state index in [1.165, 1.54) is 11.6 Å². The SMILES string of the molecule is COCC1COC[C@@H]2N1C(=O)c1c(O)c(=O)ccn1N2[C@H]1c2ccccc2CSc2ccccc21. The summed E-state index contributed by atoms with van der Waals surface area (Å²) < 4.78 is 13.0. The second kappa shape index (κ2) is 8.75. The molecule has 6 rings (SSSR count). The number of aromatic nitrogens is 1. The molecule has 0 saturated carbocycles. The van der Waals surface area contributed by atoms with E-state index in [9.17, 15) is 14.7 Å². The number of methoxy groups -OCH3 is 1. The van der Waals surface area contributed by atoms with Crippen molar-refractivity contribution in [2.45, 2.75) is 28.9 Å². The molecule has 1 fully saturated rings. The van der Waals surface area contributed by atoms with Gasteiger partial charge in [0.25, 0.3) is 5.91 Å². The third kappa shape index (κ3) is 3.45. The molecule has 3 aromatic rings. The van der Waals surface area contributed by atoms with Gasteiger partial charge in [-0.25, -0.2) is 0 Å². The highest BCUT2D eigenvalue weighted by Crippen LogP contribution is 2.44. The third-order valence-electron chi connectivity index (χ3n) is 6.91. The molecule has 0 aliphatic carbocycles. The van der Waals surface area contributed by atoms with Crippen LogP contribution in [0.4, 0.5) is 0 Å². The van der Waals surface area contributed by atoms with Gasteiger partial charge in [-0.15, -0.1) is 11.8 Å². The molecule has 180 valence electrons. The van der Waals surface area contributed by atoms with E-state index in [2.05, 4.69) is 29.3 Å². The van der Waals surface area contributed by atoms with Gasteiger partial charge in [-0.2, -0.15) is 0 Å². The number of carbonyl (C=O) groups is 1. The van der Waals surface area contributed by atoms with Crippen molar-refractivity contribution >= 4 is 17.7 Å². The maximum absolute atomic E-state index is 13.8. The molecule has 1 N–H and O–H groups in total. The lowest BCUT2D eigenvalue weighted by Gasteiger charge is -2.53. The van der Waals surface area contributed by atoms with Crippen molar-refractivity contribution in [2.24, 2.45) is 0 Å². The largest absolute Gasteiger partial charge is 0.502 e. The van der Waals surface area contributed by atoms with Crippen molar-refractivity contribution in [3.05, 3.63) is 93.4 Å². The smallest absolute Gasteiger partial charge is 0.278 e. The zero-order valence-electron chi connectivity index (χ0n) is 19.2. The van der Waals surface area contributed by atoms with Crippen LogP contribution in [0.5, 0.6) is 5.75 Å². The van der Waals surface area contributed by atoms with Gasteiger partial charge in [-0.05, 0) is 22.8 Å². The number of carbonyl (C=O) groups excluding carboxylic acids is 1. The summed E-state index contributed by atoms with van der Waals surface area (Å²) in [5.41, 5.74) is 2.77. The molecule has 0 radical (unpaired) electrons. The first kappa shape index (κ1) is 22.2. The van der Waals surface area contributed by atoms with E-state index in [0.29, 0.717) is 6.61 Å². The Balaban J connectivity index is 1.64. The molecule has 4 heterocycles. The first-order chi connectivity index (χ1) is 17.1. The molecular weight excluding hydrogens is 466 g/mol. The Kier molecular flexibility index (Phi) is 5.55. The van der Waals surface area contributed by atoms with Crippen LogP contribution in [0.15, 0.2) is 70.5 Å². The van der Waals surface area contributed by atoms with Crippen molar-refractivity contribution in [2.75, 3.05) is 31.9 Å². The molecule has 1 amide bonds. The van der Waals surface area contributed by atoms with Crippen LogP contribution in [0.1, 0.15) is 33.2 Å². The maximum Gasteiger partial charge on any atom is 0.278 e. The average Bonchev–Trinajstić information content (AvgIpc) is 3.04. The molecule has 9 heteroatoms. The van der Waals surface area contributed by atoms with Gasteiger partial charge >= 0.3 is 0 Å². The summed E-state index contributed by atoms with van der Waals surface area (Å²) in [6.45, 7) is 0.878. The number of ether oxygens (including phenoxy) is 2. The zero-order chi connectivity index (χ0) is 24.1. The number of benzene rings is 2. The van der Waals surface area contributed by atoms with Crippen LogP contribution in [0.2, 0.25) is 0 Å². The molecule has 3 aliphatic rings. The number of hydrogen-bond donors (Lipinski definition) is 1. The Hall–Kier alpha value is -3.27. The number of pyridine rings is 1. The summed E-state index contributed by atoms with van der Waals surface area (Å²) in [6.07, 6.45) is 1.11. The van der Waals surface area contributed by atoms with Crippen LogP contribution in [0.25, 0.3) is 0 Å². The van der Waals surface area contributed by atoms with E-state index < -0.39 is 23.3 Å². The lowest BCUT2D eigenvalue weighted by molar-refractivity contribution is -0.0693. The van der Waals surface area contributed by atoms with Gasteiger partial charge in [-0.1, -0.05) is 42.5 Å². The normalized spacial score (nSPS) is 23.1. The van der Waals surface area contributed by atoms with Crippen LogP contribution in [0, 0.1) is 0 Å². The Bertz CT molecular complexity index is 1310. The molecule has 1 aromatic heterocycles. The number of hydrogen-bond acceptors (Lipinski definition) is 7. The number of rotatable bonds is 3. The Morgan fingerprint density at radius 1 is 1.06 bits per heavy atom. The van der Waals surface area contributed by atoms with Crippen molar-refractivity contribution in [3.63, 3.8) is 0 Å². The zero-order valence-corrected chi connectivity index (χ0v) is 20.0. The summed E-state index contributed by atoms with van der Waals surface area (Å²) in [7, 11) is 1.58. The van der Waals surface area contributed by atoms with Gasteiger partial charge in [0.15, 0.2) is 11.4 Å². The van der Waals surface area contributed by atoms with Crippen molar-refractivity contribution in [1.82, 2.24) is 9.58 Å². The number of fused-ring (bicyclic) bond motifs is 4. The van der Waals surface area contributed by atoms with Gasteiger partial charge in [0.2, 0.25) is 5.43 Å². The minimum atomic E-state index is -0.586. The monoisotopic (exact) mass is 491 g/mol. The molecule has 3 aliphatic heterocycles. The summed E-state index contributed by atoms with van der Waals surface area (Å²) >= 11 is 1.78. The lowest BCUT2D eigenvalue weighted by atomic mass is 9.93. The highest BCUT2D eigenvalue weighted by molar-refractivity contribution is 7.98. The lowest BCUT2D eigenvalue weighted by Crippen LogP contribution is -2.69. The molecule has 8 nitrogen and oxygen atoms in total. The molecule has 35 heavy (non-hydrogen) atoms. The first-order valence-corrected chi connectivity index (χ1v) is 12.5. The third-order valence-corrected chi connectivity index (χ3v) is 8.04. The first-order valence-electron chi connectivity index (χ1n) is 11.5.